The number of aromatic nitrogens is 2. The van der Waals surface area contributed by atoms with Crippen molar-refractivity contribution in [3.05, 3.63) is 39.5 Å². The van der Waals surface area contributed by atoms with E-state index in [1.807, 2.05) is 0 Å². The lowest BCUT2D eigenvalue weighted by Gasteiger charge is -2.49. The van der Waals surface area contributed by atoms with E-state index in [4.69, 9.17) is 23.2 Å². The number of para-hydroxylation sites is 1. The van der Waals surface area contributed by atoms with E-state index in [0.717, 1.165) is 30.5 Å². The van der Waals surface area contributed by atoms with Gasteiger partial charge in [0.15, 0.2) is 5.82 Å². The molecule has 0 radical (unpaired) electrons. The maximum atomic E-state index is 13.1. The Morgan fingerprint density at radius 2 is 1.80 bits per heavy atom. The SMILES string of the molecule is CC(C)(C)C1(C(=O)Nc2n[nH]c3c2CN(C(=O)Nc2c(Cl)cccc2Cl)C3)CCC1. The van der Waals surface area contributed by atoms with E-state index < -0.39 is 0 Å². The van der Waals surface area contributed by atoms with Gasteiger partial charge in [-0.3, -0.25) is 9.89 Å². The van der Waals surface area contributed by atoms with Crippen molar-refractivity contribution < 1.29 is 9.59 Å². The molecule has 2 heterocycles. The number of aromatic amines is 1. The third kappa shape index (κ3) is 3.44. The lowest BCUT2D eigenvalue weighted by atomic mass is 9.54. The van der Waals surface area contributed by atoms with Gasteiger partial charge in [0, 0.05) is 5.56 Å². The molecule has 2 aliphatic rings. The standard InChI is InChI=1S/C21H25Cl2N5O2/c1-20(2,3)21(8-5-9-21)18(29)25-17-12-10-28(11-15(12)26-27-17)19(30)24-16-13(22)6-4-7-14(16)23/h4,6-7H,5,8-11H2,1-3H3,(H,24,30)(H2,25,26,27,29). The molecule has 9 heteroatoms. The number of hydrogen-bond acceptors (Lipinski definition) is 3. The highest BCUT2D eigenvalue weighted by Crippen LogP contribution is 2.54. The third-order valence-corrected chi connectivity index (χ3v) is 7.07. The summed E-state index contributed by atoms with van der Waals surface area (Å²) in [6, 6.07) is 4.72. The molecule has 4 rings (SSSR count). The van der Waals surface area contributed by atoms with Crippen molar-refractivity contribution in [2.24, 2.45) is 10.8 Å². The number of H-pyrrole nitrogens is 1. The van der Waals surface area contributed by atoms with Crippen LogP contribution in [0.5, 0.6) is 0 Å². The van der Waals surface area contributed by atoms with E-state index in [9.17, 15) is 9.59 Å². The number of carbonyl (C=O) groups excluding carboxylic acids is 2. The molecular weight excluding hydrogens is 425 g/mol. The van der Waals surface area contributed by atoms with Crippen LogP contribution in [0.2, 0.25) is 10.0 Å². The van der Waals surface area contributed by atoms with Gasteiger partial charge in [-0.1, -0.05) is 56.5 Å². The number of anilines is 2. The zero-order valence-electron chi connectivity index (χ0n) is 17.2. The first kappa shape index (κ1) is 21.0. The Hall–Kier alpha value is -2.25. The number of urea groups is 1. The van der Waals surface area contributed by atoms with Crippen LogP contribution in [0.15, 0.2) is 18.2 Å². The van der Waals surface area contributed by atoms with Crippen molar-refractivity contribution in [2.45, 2.75) is 53.1 Å². The van der Waals surface area contributed by atoms with Crippen LogP contribution < -0.4 is 10.6 Å². The molecule has 1 aromatic carbocycles. The molecule has 0 unspecified atom stereocenters. The summed E-state index contributed by atoms with van der Waals surface area (Å²) in [6.07, 6.45) is 2.81. The van der Waals surface area contributed by atoms with Crippen molar-refractivity contribution in [3.63, 3.8) is 0 Å². The molecule has 160 valence electrons. The highest BCUT2D eigenvalue weighted by Gasteiger charge is 2.52. The van der Waals surface area contributed by atoms with Gasteiger partial charge in [-0.2, -0.15) is 5.10 Å². The second-order valence-corrected chi connectivity index (χ2v) is 9.87. The van der Waals surface area contributed by atoms with Crippen LogP contribution in [-0.2, 0) is 17.9 Å². The first-order valence-corrected chi connectivity index (χ1v) is 10.8. The Morgan fingerprint density at radius 1 is 1.13 bits per heavy atom. The van der Waals surface area contributed by atoms with Gasteiger partial charge < -0.3 is 15.5 Å². The number of hydrogen-bond donors (Lipinski definition) is 3. The van der Waals surface area contributed by atoms with Crippen LogP contribution in [0.25, 0.3) is 0 Å². The second kappa shape index (κ2) is 7.46. The van der Waals surface area contributed by atoms with Crippen LogP contribution in [-0.4, -0.2) is 27.0 Å². The lowest BCUT2D eigenvalue weighted by Crippen LogP contribution is -2.51. The van der Waals surface area contributed by atoms with Crippen molar-refractivity contribution >= 4 is 46.6 Å². The first-order chi connectivity index (χ1) is 14.1. The summed E-state index contributed by atoms with van der Waals surface area (Å²) >= 11 is 12.3. The Kier molecular flexibility index (Phi) is 5.22. The van der Waals surface area contributed by atoms with Gasteiger partial charge in [0.25, 0.3) is 0 Å². The first-order valence-electron chi connectivity index (χ1n) is 10.00. The van der Waals surface area contributed by atoms with E-state index >= 15 is 0 Å². The second-order valence-electron chi connectivity index (χ2n) is 9.05. The molecule has 3 N–H and O–H groups in total. The fourth-order valence-corrected chi connectivity index (χ4v) is 4.76. The van der Waals surface area contributed by atoms with Crippen molar-refractivity contribution in [1.29, 1.82) is 0 Å². The third-order valence-electron chi connectivity index (χ3n) is 6.44. The quantitative estimate of drug-likeness (QED) is 0.583. The highest BCUT2D eigenvalue weighted by molar-refractivity contribution is 6.39. The molecule has 30 heavy (non-hydrogen) atoms. The number of rotatable bonds is 3. The largest absolute Gasteiger partial charge is 0.322 e. The molecule has 2 aromatic rings. The minimum absolute atomic E-state index is 0.00120. The average Bonchev–Trinajstić information content (AvgIpc) is 3.18. The lowest BCUT2D eigenvalue weighted by molar-refractivity contribution is -0.139. The van der Waals surface area contributed by atoms with E-state index in [1.54, 1.807) is 23.1 Å². The van der Waals surface area contributed by atoms with E-state index in [1.165, 1.54) is 0 Å². The predicted octanol–water partition coefficient (Wildman–Crippen LogP) is 5.42. The zero-order chi connectivity index (χ0) is 21.7. The molecule has 0 bridgehead atoms. The molecule has 7 nitrogen and oxygen atoms in total. The van der Waals surface area contributed by atoms with Crippen LogP contribution in [0.3, 0.4) is 0 Å². The molecule has 1 aliphatic carbocycles. The fraction of sp³-hybridized carbons (Fsp3) is 0.476. The van der Waals surface area contributed by atoms with Gasteiger partial charge >= 0.3 is 6.03 Å². The summed E-state index contributed by atoms with van der Waals surface area (Å²) in [5.74, 6) is 0.498. The molecule has 1 aliphatic heterocycles. The van der Waals surface area contributed by atoms with Crippen LogP contribution in [0.4, 0.5) is 16.3 Å². The van der Waals surface area contributed by atoms with Gasteiger partial charge in [-0.25, -0.2) is 4.79 Å². The number of amides is 3. The number of nitrogens with zero attached hydrogens (tertiary/aromatic N) is 2. The molecule has 0 atom stereocenters. The van der Waals surface area contributed by atoms with Gasteiger partial charge in [0.2, 0.25) is 5.91 Å². The molecular formula is C21H25Cl2N5O2. The van der Waals surface area contributed by atoms with E-state index in [2.05, 4.69) is 41.6 Å². The summed E-state index contributed by atoms with van der Waals surface area (Å²) in [6.45, 7) is 7.00. The maximum Gasteiger partial charge on any atom is 0.322 e. The topological polar surface area (TPSA) is 90.1 Å². The molecule has 1 aromatic heterocycles. The number of halogens is 2. The van der Waals surface area contributed by atoms with Crippen LogP contribution in [0, 0.1) is 10.8 Å². The molecule has 3 amide bonds. The summed E-state index contributed by atoms with van der Waals surface area (Å²) in [7, 11) is 0. The molecule has 0 saturated heterocycles. The number of carbonyl (C=O) groups is 2. The van der Waals surface area contributed by atoms with Gasteiger partial charge in [0.1, 0.15) is 0 Å². The zero-order valence-corrected chi connectivity index (χ0v) is 18.7. The van der Waals surface area contributed by atoms with Gasteiger partial charge in [-0.15, -0.1) is 0 Å². The minimum atomic E-state index is -0.380. The van der Waals surface area contributed by atoms with Gasteiger partial charge in [0.05, 0.1) is 39.9 Å². The van der Waals surface area contributed by atoms with Gasteiger partial charge in [-0.05, 0) is 30.4 Å². The Bertz CT molecular complexity index is 987. The van der Waals surface area contributed by atoms with E-state index in [-0.39, 0.29) is 22.8 Å². The van der Waals surface area contributed by atoms with Crippen molar-refractivity contribution in [3.8, 4) is 0 Å². The monoisotopic (exact) mass is 449 g/mol. The summed E-state index contributed by atoms with van der Waals surface area (Å²) in [5, 5.41) is 13.8. The van der Waals surface area contributed by atoms with Crippen molar-refractivity contribution in [2.75, 3.05) is 10.6 Å². The Labute approximate surface area is 185 Å². The summed E-state index contributed by atoms with van der Waals surface area (Å²) < 4.78 is 0. The molecule has 1 saturated carbocycles. The van der Waals surface area contributed by atoms with Crippen molar-refractivity contribution in [1.82, 2.24) is 15.1 Å². The molecule has 1 fully saturated rings. The average molecular weight is 450 g/mol. The predicted molar refractivity (Wildman–Crippen MR) is 118 cm³/mol. The summed E-state index contributed by atoms with van der Waals surface area (Å²) in [4.78, 5) is 27.5. The Morgan fingerprint density at radius 3 is 2.37 bits per heavy atom. The number of benzene rings is 1. The van der Waals surface area contributed by atoms with E-state index in [0.29, 0.717) is 34.6 Å². The summed E-state index contributed by atoms with van der Waals surface area (Å²) in [5.41, 5.74) is 1.51. The number of nitrogens with one attached hydrogen (secondary N) is 3. The number of fused-ring (bicyclic) bond motifs is 1. The Balaban J connectivity index is 1.46. The smallest absolute Gasteiger partial charge is 0.314 e. The fourth-order valence-electron chi connectivity index (χ4n) is 4.27. The highest BCUT2D eigenvalue weighted by atomic mass is 35.5. The normalized spacial score (nSPS) is 17.3. The van der Waals surface area contributed by atoms with Crippen LogP contribution >= 0.6 is 23.2 Å². The minimum Gasteiger partial charge on any atom is -0.314 e. The van der Waals surface area contributed by atoms with Crippen LogP contribution in [0.1, 0.15) is 51.3 Å². The molecule has 0 spiro atoms. The maximum absolute atomic E-state index is 13.1.